The molecule has 0 amide bonds. The highest BCUT2D eigenvalue weighted by atomic mass is 15.1. The SMILES string of the molecule is Cc1ccccc1N(c1ccccc1)c1ccc(C=Cc2ccc(N(c3ccccc3)c3ccc4ccccc4c3)cc2)cc1. The predicted molar refractivity (Wildman–Crippen MR) is 193 cm³/mol. The fraction of sp³-hybridized carbons (Fsp3) is 0.0233. The Labute approximate surface area is 265 Å². The van der Waals surface area contributed by atoms with Gasteiger partial charge in [-0.25, -0.2) is 0 Å². The number of hydrogen-bond donors (Lipinski definition) is 0. The second kappa shape index (κ2) is 12.8. The highest BCUT2D eigenvalue weighted by Crippen LogP contribution is 2.37. The third kappa shape index (κ3) is 6.13. The molecule has 0 unspecified atom stereocenters. The monoisotopic (exact) mass is 578 g/mol. The van der Waals surface area contributed by atoms with Crippen LogP contribution in [0, 0.1) is 6.92 Å². The first-order valence-electron chi connectivity index (χ1n) is 15.4. The molecule has 0 fully saturated rings. The average Bonchev–Trinajstić information content (AvgIpc) is 3.10. The van der Waals surface area contributed by atoms with Gasteiger partial charge in [0.15, 0.2) is 0 Å². The minimum atomic E-state index is 1.12. The van der Waals surface area contributed by atoms with Gasteiger partial charge in [-0.2, -0.15) is 0 Å². The molecule has 0 aliphatic carbocycles. The minimum absolute atomic E-state index is 1.12. The summed E-state index contributed by atoms with van der Waals surface area (Å²) in [6.45, 7) is 2.16. The summed E-state index contributed by atoms with van der Waals surface area (Å²) in [5.41, 5.74) is 10.4. The molecule has 7 aromatic rings. The fourth-order valence-corrected chi connectivity index (χ4v) is 5.82. The van der Waals surface area contributed by atoms with Gasteiger partial charge in [-0.05, 0) is 101 Å². The van der Waals surface area contributed by atoms with E-state index in [0.29, 0.717) is 0 Å². The van der Waals surface area contributed by atoms with Crippen LogP contribution in [0.1, 0.15) is 16.7 Å². The van der Waals surface area contributed by atoms with E-state index in [2.05, 4.69) is 205 Å². The summed E-state index contributed by atoms with van der Waals surface area (Å²) in [7, 11) is 0. The normalized spacial score (nSPS) is 11.1. The molecule has 0 atom stereocenters. The molecule has 45 heavy (non-hydrogen) atoms. The van der Waals surface area contributed by atoms with Crippen LogP contribution < -0.4 is 9.80 Å². The smallest absolute Gasteiger partial charge is 0.0490 e. The Kier molecular flexibility index (Phi) is 7.94. The Morgan fingerprint density at radius 3 is 1.40 bits per heavy atom. The number of nitrogens with zero attached hydrogens (tertiary/aromatic N) is 2. The van der Waals surface area contributed by atoms with Crippen molar-refractivity contribution in [2.24, 2.45) is 0 Å². The van der Waals surface area contributed by atoms with Crippen molar-refractivity contribution in [3.05, 3.63) is 193 Å². The Hall–Kier alpha value is -5.86. The second-order valence-corrected chi connectivity index (χ2v) is 11.2. The van der Waals surface area contributed by atoms with E-state index in [1.165, 1.54) is 22.0 Å². The molecule has 0 bridgehead atoms. The van der Waals surface area contributed by atoms with E-state index in [0.717, 1.165) is 39.6 Å². The van der Waals surface area contributed by atoms with Crippen LogP contribution in [-0.2, 0) is 0 Å². The number of para-hydroxylation sites is 3. The lowest BCUT2D eigenvalue weighted by Crippen LogP contribution is -2.11. The molecule has 216 valence electrons. The minimum Gasteiger partial charge on any atom is -0.310 e. The summed E-state index contributed by atoms with van der Waals surface area (Å²) in [6, 6.07) is 62.3. The molecule has 0 N–H and O–H groups in total. The summed E-state index contributed by atoms with van der Waals surface area (Å²) in [5.74, 6) is 0. The molecular weight excluding hydrogens is 544 g/mol. The molecule has 2 heteroatoms. The van der Waals surface area contributed by atoms with Gasteiger partial charge >= 0.3 is 0 Å². The maximum absolute atomic E-state index is 2.32. The van der Waals surface area contributed by atoms with Crippen molar-refractivity contribution in [2.75, 3.05) is 9.80 Å². The van der Waals surface area contributed by atoms with Crippen molar-refractivity contribution >= 4 is 57.0 Å². The van der Waals surface area contributed by atoms with Crippen LogP contribution >= 0.6 is 0 Å². The van der Waals surface area contributed by atoms with Gasteiger partial charge in [-0.1, -0.05) is 121 Å². The molecule has 0 spiro atoms. The third-order valence-electron chi connectivity index (χ3n) is 8.15. The van der Waals surface area contributed by atoms with E-state index in [9.17, 15) is 0 Å². The Bertz CT molecular complexity index is 2040. The Morgan fingerprint density at radius 1 is 0.356 bits per heavy atom. The van der Waals surface area contributed by atoms with Gasteiger partial charge in [0.2, 0.25) is 0 Å². The number of hydrogen-bond acceptors (Lipinski definition) is 2. The van der Waals surface area contributed by atoms with Gasteiger partial charge in [0, 0.05) is 34.1 Å². The first-order valence-corrected chi connectivity index (χ1v) is 15.4. The maximum atomic E-state index is 2.32. The van der Waals surface area contributed by atoms with E-state index < -0.39 is 0 Å². The summed E-state index contributed by atoms with van der Waals surface area (Å²) < 4.78 is 0. The molecule has 0 aliphatic heterocycles. The summed E-state index contributed by atoms with van der Waals surface area (Å²) in [5, 5.41) is 2.47. The maximum Gasteiger partial charge on any atom is 0.0490 e. The van der Waals surface area contributed by atoms with Crippen LogP contribution in [0.4, 0.5) is 34.1 Å². The van der Waals surface area contributed by atoms with Crippen LogP contribution in [0.3, 0.4) is 0 Å². The molecule has 2 nitrogen and oxygen atoms in total. The Morgan fingerprint density at radius 2 is 0.800 bits per heavy atom. The first kappa shape index (κ1) is 27.9. The van der Waals surface area contributed by atoms with Crippen LogP contribution in [0.2, 0.25) is 0 Å². The molecule has 0 heterocycles. The largest absolute Gasteiger partial charge is 0.310 e. The number of aryl methyl sites for hydroxylation is 1. The van der Waals surface area contributed by atoms with E-state index in [4.69, 9.17) is 0 Å². The lowest BCUT2D eigenvalue weighted by Gasteiger charge is -2.27. The third-order valence-corrected chi connectivity index (χ3v) is 8.15. The van der Waals surface area contributed by atoms with Crippen molar-refractivity contribution in [1.29, 1.82) is 0 Å². The highest BCUT2D eigenvalue weighted by Gasteiger charge is 2.14. The van der Waals surface area contributed by atoms with Gasteiger partial charge < -0.3 is 9.80 Å². The van der Waals surface area contributed by atoms with Crippen molar-refractivity contribution in [3.63, 3.8) is 0 Å². The quantitative estimate of drug-likeness (QED) is 0.166. The summed E-state index contributed by atoms with van der Waals surface area (Å²) >= 11 is 0. The zero-order chi connectivity index (χ0) is 30.4. The molecule has 0 aromatic heterocycles. The predicted octanol–water partition coefficient (Wildman–Crippen LogP) is 12.3. The standard InChI is InChI=1S/C43H34N2/c1-33-12-8-11-19-43(33)45(39-17-6-3-7-18-39)41-29-24-35(25-30-41)21-20-34-22-27-40(28-23-34)44(38-15-4-2-5-16-38)42-31-26-36-13-9-10-14-37(36)32-42/h2-32H,1H3. The van der Waals surface area contributed by atoms with Crippen molar-refractivity contribution in [3.8, 4) is 0 Å². The molecule has 0 saturated carbocycles. The lowest BCUT2D eigenvalue weighted by atomic mass is 10.1. The van der Waals surface area contributed by atoms with Crippen LogP contribution in [-0.4, -0.2) is 0 Å². The van der Waals surface area contributed by atoms with Crippen molar-refractivity contribution in [2.45, 2.75) is 6.92 Å². The topological polar surface area (TPSA) is 6.48 Å². The van der Waals surface area contributed by atoms with Crippen LogP contribution in [0.25, 0.3) is 22.9 Å². The van der Waals surface area contributed by atoms with Crippen LogP contribution in [0.15, 0.2) is 176 Å². The fourth-order valence-electron chi connectivity index (χ4n) is 5.82. The molecule has 0 radical (unpaired) electrons. The summed E-state index contributed by atoms with van der Waals surface area (Å²) in [4.78, 5) is 4.63. The first-order chi connectivity index (χ1) is 22.2. The summed E-state index contributed by atoms with van der Waals surface area (Å²) in [6.07, 6.45) is 4.36. The van der Waals surface area contributed by atoms with E-state index >= 15 is 0 Å². The Balaban J connectivity index is 1.14. The molecule has 0 saturated heterocycles. The zero-order valence-electron chi connectivity index (χ0n) is 25.3. The highest BCUT2D eigenvalue weighted by molar-refractivity contribution is 5.89. The van der Waals surface area contributed by atoms with Gasteiger partial charge in [-0.3, -0.25) is 0 Å². The van der Waals surface area contributed by atoms with Gasteiger partial charge in [0.05, 0.1) is 0 Å². The number of anilines is 6. The average molecular weight is 579 g/mol. The molecule has 7 aromatic carbocycles. The number of benzene rings is 7. The van der Waals surface area contributed by atoms with Gasteiger partial charge in [0.25, 0.3) is 0 Å². The molecule has 0 aliphatic rings. The van der Waals surface area contributed by atoms with E-state index in [1.54, 1.807) is 0 Å². The van der Waals surface area contributed by atoms with E-state index in [-0.39, 0.29) is 0 Å². The lowest BCUT2D eigenvalue weighted by molar-refractivity contribution is 1.25. The van der Waals surface area contributed by atoms with Gasteiger partial charge in [0.1, 0.15) is 0 Å². The number of rotatable bonds is 8. The van der Waals surface area contributed by atoms with Crippen molar-refractivity contribution in [1.82, 2.24) is 0 Å². The van der Waals surface area contributed by atoms with Crippen molar-refractivity contribution < 1.29 is 0 Å². The van der Waals surface area contributed by atoms with Crippen LogP contribution in [0.5, 0.6) is 0 Å². The molecular formula is C43H34N2. The van der Waals surface area contributed by atoms with E-state index in [1.807, 2.05) is 0 Å². The second-order valence-electron chi connectivity index (χ2n) is 11.2. The van der Waals surface area contributed by atoms with Gasteiger partial charge in [-0.15, -0.1) is 0 Å². The number of fused-ring (bicyclic) bond motifs is 1. The molecule has 7 rings (SSSR count). The zero-order valence-corrected chi connectivity index (χ0v) is 25.3.